The molecule has 0 unspecified atom stereocenters. The second kappa shape index (κ2) is 6.83. The van der Waals surface area contributed by atoms with Crippen molar-refractivity contribution in [3.8, 4) is 5.75 Å². The van der Waals surface area contributed by atoms with Crippen molar-refractivity contribution in [3.63, 3.8) is 0 Å². The van der Waals surface area contributed by atoms with Gasteiger partial charge in [0.15, 0.2) is 11.6 Å². The maximum Gasteiger partial charge on any atom is 0.217 e. The standard InChI is InChI=1S/C16H15F2NO2/c17-13-8-12(6-7-15(19)20)16(14(18)9-13)21-10-11-4-2-1-3-5-11/h1-5,8-9H,6-7,10H2,(H2,19,20). The summed E-state index contributed by atoms with van der Waals surface area (Å²) >= 11 is 0. The number of hydrogen-bond donors (Lipinski definition) is 1. The van der Waals surface area contributed by atoms with Crippen molar-refractivity contribution in [1.29, 1.82) is 0 Å². The number of nitrogens with two attached hydrogens (primary N) is 1. The molecule has 0 aliphatic heterocycles. The molecule has 0 bridgehead atoms. The van der Waals surface area contributed by atoms with Gasteiger partial charge < -0.3 is 10.5 Å². The first-order valence-electron chi connectivity index (χ1n) is 6.49. The molecule has 0 fully saturated rings. The van der Waals surface area contributed by atoms with Gasteiger partial charge in [0, 0.05) is 18.1 Å². The Hall–Kier alpha value is -2.43. The van der Waals surface area contributed by atoms with Crippen molar-refractivity contribution in [3.05, 3.63) is 65.2 Å². The summed E-state index contributed by atoms with van der Waals surface area (Å²) in [4.78, 5) is 10.8. The quantitative estimate of drug-likeness (QED) is 0.889. The minimum atomic E-state index is -0.787. The molecular weight excluding hydrogens is 276 g/mol. The van der Waals surface area contributed by atoms with Gasteiger partial charge in [-0.1, -0.05) is 30.3 Å². The lowest BCUT2D eigenvalue weighted by Gasteiger charge is -2.12. The van der Waals surface area contributed by atoms with Crippen LogP contribution in [0.1, 0.15) is 17.5 Å². The summed E-state index contributed by atoms with van der Waals surface area (Å²) in [6.07, 6.45) is 0.138. The van der Waals surface area contributed by atoms with E-state index in [0.29, 0.717) is 5.56 Å². The number of amides is 1. The zero-order valence-electron chi connectivity index (χ0n) is 11.3. The molecule has 0 spiro atoms. The van der Waals surface area contributed by atoms with Gasteiger partial charge in [-0.3, -0.25) is 4.79 Å². The Morgan fingerprint density at radius 2 is 1.86 bits per heavy atom. The van der Waals surface area contributed by atoms with Crippen molar-refractivity contribution in [2.24, 2.45) is 5.73 Å². The first-order valence-corrected chi connectivity index (χ1v) is 6.49. The van der Waals surface area contributed by atoms with E-state index in [4.69, 9.17) is 10.5 Å². The van der Waals surface area contributed by atoms with Gasteiger partial charge in [-0.05, 0) is 18.1 Å². The summed E-state index contributed by atoms with van der Waals surface area (Å²) in [5.74, 6) is -2.07. The molecule has 2 N–H and O–H groups in total. The number of ether oxygens (including phenoxy) is 1. The third-order valence-corrected chi connectivity index (χ3v) is 2.95. The molecule has 0 aliphatic rings. The van der Waals surface area contributed by atoms with Crippen molar-refractivity contribution in [2.75, 3.05) is 0 Å². The van der Waals surface area contributed by atoms with Crippen molar-refractivity contribution in [2.45, 2.75) is 19.4 Å². The van der Waals surface area contributed by atoms with E-state index in [-0.39, 0.29) is 25.2 Å². The first kappa shape index (κ1) is 15.0. The summed E-state index contributed by atoms with van der Waals surface area (Å²) in [7, 11) is 0. The predicted molar refractivity (Wildman–Crippen MR) is 74.6 cm³/mol. The Balaban J connectivity index is 2.18. The van der Waals surface area contributed by atoms with E-state index >= 15 is 0 Å². The average Bonchev–Trinajstić information content (AvgIpc) is 2.45. The molecule has 110 valence electrons. The number of halogens is 2. The third-order valence-electron chi connectivity index (χ3n) is 2.95. The molecule has 0 atom stereocenters. The van der Waals surface area contributed by atoms with Crippen LogP contribution in [0.3, 0.4) is 0 Å². The van der Waals surface area contributed by atoms with Crippen molar-refractivity contribution in [1.82, 2.24) is 0 Å². The van der Waals surface area contributed by atoms with Gasteiger partial charge in [0.05, 0.1) is 0 Å². The monoisotopic (exact) mass is 291 g/mol. The van der Waals surface area contributed by atoms with Gasteiger partial charge in [0.2, 0.25) is 5.91 Å². The van der Waals surface area contributed by atoms with Gasteiger partial charge in [-0.15, -0.1) is 0 Å². The molecule has 2 rings (SSSR count). The van der Waals surface area contributed by atoms with E-state index in [1.54, 1.807) is 0 Å². The fourth-order valence-electron chi connectivity index (χ4n) is 1.95. The van der Waals surface area contributed by atoms with Crippen LogP contribution in [0.25, 0.3) is 0 Å². The van der Waals surface area contributed by atoms with E-state index in [2.05, 4.69) is 0 Å². The van der Waals surface area contributed by atoms with Gasteiger partial charge in [-0.25, -0.2) is 8.78 Å². The highest BCUT2D eigenvalue weighted by Gasteiger charge is 2.14. The van der Waals surface area contributed by atoms with Crippen LogP contribution in [0, 0.1) is 11.6 Å². The van der Waals surface area contributed by atoms with E-state index < -0.39 is 17.5 Å². The highest BCUT2D eigenvalue weighted by Crippen LogP contribution is 2.26. The summed E-state index contributed by atoms with van der Waals surface area (Å²) in [6, 6.07) is 11.1. The van der Waals surface area contributed by atoms with Crippen LogP contribution in [0.4, 0.5) is 8.78 Å². The maximum absolute atomic E-state index is 13.9. The van der Waals surface area contributed by atoms with E-state index in [0.717, 1.165) is 17.7 Å². The molecule has 21 heavy (non-hydrogen) atoms. The molecule has 0 heterocycles. The minimum Gasteiger partial charge on any atom is -0.486 e. The van der Waals surface area contributed by atoms with Crippen LogP contribution in [-0.2, 0) is 17.8 Å². The van der Waals surface area contributed by atoms with Crippen LogP contribution in [0.5, 0.6) is 5.75 Å². The molecule has 0 aliphatic carbocycles. The van der Waals surface area contributed by atoms with Gasteiger partial charge in [0.1, 0.15) is 12.4 Å². The maximum atomic E-state index is 13.9. The lowest BCUT2D eigenvalue weighted by Crippen LogP contribution is -2.12. The second-order valence-corrected chi connectivity index (χ2v) is 4.62. The molecule has 2 aromatic carbocycles. The molecule has 3 nitrogen and oxygen atoms in total. The Labute approximate surface area is 121 Å². The predicted octanol–water partition coefficient (Wildman–Crippen LogP) is 2.96. The Morgan fingerprint density at radius 3 is 2.52 bits per heavy atom. The molecule has 1 amide bonds. The number of aryl methyl sites for hydroxylation is 1. The topological polar surface area (TPSA) is 52.3 Å². The number of hydrogen-bond acceptors (Lipinski definition) is 2. The van der Waals surface area contributed by atoms with Crippen LogP contribution >= 0.6 is 0 Å². The highest BCUT2D eigenvalue weighted by atomic mass is 19.1. The molecule has 0 radical (unpaired) electrons. The van der Waals surface area contributed by atoms with Crippen molar-refractivity contribution < 1.29 is 18.3 Å². The molecule has 0 saturated heterocycles. The number of rotatable bonds is 6. The van der Waals surface area contributed by atoms with Crippen LogP contribution in [0.2, 0.25) is 0 Å². The van der Waals surface area contributed by atoms with E-state index in [1.807, 2.05) is 30.3 Å². The number of carbonyl (C=O) groups excluding carboxylic acids is 1. The first-order chi connectivity index (χ1) is 10.1. The molecule has 2 aromatic rings. The lowest BCUT2D eigenvalue weighted by molar-refractivity contribution is -0.117. The van der Waals surface area contributed by atoms with E-state index in [1.165, 1.54) is 0 Å². The number of benzene rings is 2. The molecule has 0 aromatic heterocycles. The second-order valence-electron chi connectivity index (χ2n) is 4.62. The normalized spacial score (nSPS) is 10.4. The van der Waals surface area contributed by atoms with E-state index in [9.17, 15) is 13.6 Å². The number of carbonyl (C=O) groups is 1. The minimum absolute atomic E-state index is 0.00455. The largest absolute Gasteiger partial charge is 0.486 e. The SMILES string of the molecule is NC(=O)CCc1cc(F)cc(F)c1OCc1ccccc1. The van der Waals surface area contributed by atoms with Gasteiger partial charge in [0.25, 0.3) is 0 Å². The van der Waals surface area contributed by atoms with Gasteiger partial charge in [-0.2, -0.15) is 0 Å². The lowest BCUT2D eigenvalue weighted by atomic mass is 10.1. The summed E-state index contributed by atoms with van der Waals surface area (Å²) in [6.45, 7) is 0.160. The average molecular weight is 291 g/mol. The summed E-state index contributed by atoms with van der Waals surface area (Å²) < 4.78 is 32.6. The molecular formula is C16H15F2NO2. The Bertz CT molecular complexity index is 630. The van der Waals surface area contributed by atoms with Crippen LogP contribution in [0.15, 0.2) is 42.5 Å². The molecule has 5 heteroatoms. The zero-order valence-corrected chi connectivity index (χ0v) is 11.3. The number of primary amides is 1. The van der Waals surface area contributed by atoms with Crippen LogP contribution < -0.4 is 10.5 Å². The summed E-state index contributed by atoms with van der Waals surface area (Å²) in [5, 5.41) is 0. The Kier molecular flexibility index (Phi) is 4.87. The smallest absolute Gasteiger partial charge is 0.217 e. The van der Waals surface area contributed by atoms with Crippen molar-refractivity contribution >= 4 is 5.91 Å². The molecule has 0 saturated carbocycles. The van der Waals surface area contributed by atoms with Crippen LogP contribution in [-0.4, -0.2) is 5.91 Å². The summed E-state index contributed by atoms with van der Waals surface area (Å²) in [5.41, 5.74) is 6.22. The third kappa shape index (κ3) is 4.27. The van der Waals surface area contributed by atoms with Gasteiger partial charge >= 0.3 is 0 Å². The fourth-order valence-corrected chi connectivity index (χ4v) is 1.95. The fraction of sp³-hybridized carbons (Fsp3) is 0.188. The zero-order chi connectivity index (χ0) is 15.2. The highest BCUT2D eigenvalue weighted by molar-refractivity contribution is 5.74. The Morgan fingerprint density at radius 1 is 1.14 bits per heavy atom.